The molecule has 1 aromatic rings. The summed E-state index contributed by atoms with van der Waals surface area (Å²) in [4.78, 5) is 0. The summed E-state index contributed by atoms with van der Waals surface area (Å²) < 4.78 is 18.3. The summed E-state index contributed by atoms with van der Waals surface area (Å²) in [5.41, 5.74) is 5.18. The number of methoxy groups -OCH3 is 1. The number of nitrogens with two attached hydrogens (primary N) is 1. The lowest BCUT2D eigenvalue weighted by atomic mass is 10.1. The molecular weight excluding hydrogens is 225 g/mol. The molecule has 1 unspecified atom stereocenters. The summed E-state index contributed by atoms with van der Waals surface area (Å²) in [5.74, 6) is -1.42. The van der Waals surface area contributed by atoms with Gasteiger partial charge in [-0.25, -0.2) is 4.39 Å². The number of halogens is 2. The minimum atomic E-state index is -1.04. The fourth-order valence-corrected chi connectivity index (χ4v) is 1.39. The minimum Gasteiger partial charge on any atom is -0.506 e. The van der Waals surface area contributed by atoms with Crippen molar-refractivity contribution in [1.29, 1.82) is 0 Å². The molecule has 1 aromatic carbocycles. The third kappa shape index (κ3) is 2.14. The minimum absolute atomic E-state index is 0.0767. The second-order valence-corrected chi connectivity index (χ2v) is 3.33. The predicted octanol–water partition coefficient (Wildman–Crippen LogP) is 1.19. The van der Waals surface area contributed by atoms with Gasteiger partial charge in [0.25, 0.3) is 0 Å². The highest BCUT2D eigenvalue weighted by molar-refractivity contribution is 6.32. The Balaban J connectivity index is 3.40. The first-order chi connectivity index (χ1) is 7.02. The molecule has 84 valence electrons. The van der Waals surface area contributed by atoms with Crippen molar-refractivity contribution in [3.8, 4) is 11.5 Å². The molecular formula is C9H11ClFNO3. The van der Waals surface area contributed by atoms with Gasteiger partial charge >= 0.3 is 0 Å². The highest BCUT2D eigenvalue weighted by Crippen LogP contribution is 2.38. The molecule has 0 saturated heterocycles. The lowest BCUT2D eigenvalue weighted by molar-refractivity contribution is 0.260. The number of benzene rings is 1. The fourth-order valence-electron chi connectivity index (χ4n) is 1.19. The number of phenols is 1. The average molecular weight is 236 g/mol. The Kier molecular flexibility index (Phi) is 3.73. The van der Waals surface area contributed by atoms with Crippen LogP contribution in [0.25, 0.3) is 0 Å². The van der Waals surface area contributed by atoms with Crippen LogP contribution in [0.4, 0.5) is 4.39 Å². The molecule has 0 aromatic heterocycles. The molecule has 4 nitrogen and oxygen atoms in total. The summed E-state index contributed by atoms with van der Waals surface area (Å²) >= 11 is 5.64. The van der Waals surface area contributed by atoms with E-state index in [0.717, 1.165) is 6.07 Å². The predicted molar refractivity (Wildman–Crippen MR) is 53.6 cm³/mol. The van der Waals surface area contributed by atoms with Crippen molar-refractivity contribution in [2.75, 3.05) is 13.7 Å². The van der Waals surface area contributed by atoms with Gasteiger partial charge in [-0.15, -0.1) is 0 Å². The molecule has 0 bridgehead atoms. The number of hydrogen-bond acceptors (Lipinski definition) is 4. The van der Waals surface area contributed by atoms with Crippen LogP contribution >= 0.6 is 11.6 Å². The largest absolute Gasteiger partial charge is 0.506 e. The Morgan fingerprint density at radius 1 is 1.67 bits per heavy atom. The van der Waals surface area contributed by atoms with Crippen LogP contribution in [0, 0.1) is 5.82 Å². The molecule has 0 aliphatic heterocycles. The fraction of sp³-hybridized carbons (Fsp3) is 0.333. The van der Waals surface area contributed by atoms with E-state index in [4.69, 9.17) is 27.2 Å². The second-order valence-electron chi connectivity index (χ2n) is 2.93. The van der Waals surface area contributed by atoms with Gasteiger partial charge in [0.1, 0.15) is 5.75 Å². The van der Waals surface area contributed by atoms with Crippen LogP contribution in [0.1, 0.15) is 11.6 Å². The summed E-state index contributed by atoms with van der Waals surface area (Å²) in [6, 6.07) is 0.0948. The Morgan fingerprint density at radius 2 is 2.27 bits per heavy atom. The number of aliphatic hydroxyl groups is 1. The zero-order valence-corrected chi connectivity index (χ0v) is 8.75. The second kappa shape index (κ2) is 4.65. The smallest absolute Gasteiger partial charge is 0.173 e. The Morgan fingerprint density at radius 3 is 2.73 bits per heavy atom. The number of aliphatic hydroxyl groups excluding tert-OH is 1. The molecule has 0 radical (unpaired) electrons. The van der Waals surface area contributed by atoms with Gasteiger partial charge in [0, 0.05) is 6.07 Å². The average Bonchev–Trinajstić information content (AvgIpc) is 2.23. The van der Waals surface area contributed by atoms with Crippen molar-refractivity contribution in [1.82, 2.24) is 0 Å². The first-order valence-electron chi connectivity index (χ1n) is 4.14. The molecule has 1 atom stereocenters. The lowest BCUT2D eigenvalue weighted by Crippen LogP contribution is -2.17. The van der Waals surface area contributed by atoms with Crippen molar-refractivity contribution in [2.24, 2.45) is 5.73 Å². The van der Waals surface area contributed by atoms with Gasteiger partial charge in [-0.2, -0.15) is 0 Å². The first kappa shape index (κ1) is 12.0. The van der Waals surface area contributed by atoms with E-state index < -0.39 is 24.2 Å². The summed E-state index contributed by atoms with van der Waals surface area (Å²) in [5, 5.41) is 18.2. The van der Waals surface area contributed by atoms with Crippen LogP contribution in [0.3, 0.4) is 0 Å². The zero-order chi connectivity index (χ0) is 11.6. The van der Waals surface area contributed by atoms with Crippen molar-refractivity contribution >= 4 is 11.6 Å². The number of rotatable bonds is 3. The van der Waals surface area contributed by atoms with E-state index in [1.165, 1.54) is 7.11 Å². The maximum Gasteiger partial charge on any atom is 0.173 e. The molecule has 0 amide bonds. The van der Waals surface area contributed by atoms with Crippen molar-refractivity contribution in [3.63, 3.8) is 0 Å². The standard InChI is InChI=1S/C9H11ClFNO3/c1-15-6-2-4(10)9(14)7(8(6)11)5(12)3-13/h2,5,13-14H,3,12H2,1H3. The van der Waals surface area contributed by atoms with Gasteiger partial charge in [0.15, 0.2) is 11.6 Å². The summed E-state index contributed by atoms with van der Waals surface area (Å²) in [6.45, 7) is -0.506. The van der Waals surface area contributed by atoms with E-state index >= 15 is 0 Å². The van der Waals surface area contributed by atoms with E-state index in [9.17, 15) is 9.50 Å². The number of aromatic hydroxyl groups is 1. The molecule has 6 heteroatoms. The molecule has 0 heterocycles. The number of ether oxygens (including phenoxy) is 1. The van der Waals surface area contributed by atoms with Crippen LogP contribution in [0.2, 0.25) is 5.02 Å². The Labute approximate surface area is 91.0 Å². The van der Waals surface area contributed by atoms with Gasteiger partial charge < -0.3 is 20.7 Å². The highest BCUT2D eigenvalue weighted by atomic mass is 35.5. The van der Waals surface area contributed by atoms with Gasteiger partial charge in [-0.05, 0) is 0 Å². The van der Waals surface area contributed by atoms with Gasteiger partial charge in [0.2, 0.25) is 0 Å². The zero-order valence-electron chi connectivity index (χ0n) is 8.00. The summed E-state index contributed by atoms with van der Waals surface area (Å²) in [6.07, 6.45) is 0. The van der Waals surface area contributed by atoms with E-state index in [-0.39, 0.29) is 16.3 Å². The van der Waals surface area contributed by atoms with E-state index in [1.54, 1.807) is 0 Å². The number of hydrogen-bond donors (Lipinski definition) is 3. The molecule has 4 N–H and O–H groups in total. The maximum atomic E-state index is 13.6. The molecule has 1 rings (SSSR count). The summed E-state index contributed by atoms with van der Waals surface area (Å²) in [7, 11) is 1.26. The third-order valence-corrected chi connectivity index (χ3v) is 2.27. The molecule has 15 heavy (non-hydrogen) atoms. The molecule has 0 aliphatic carbocycles. The Bertz CT molecular complexity index is 373. The number of phenolic OH excluding ortho intramolecular Hbond substituents is 1. The van der Waals surface area contributed by atoms with Crippen LogP contribution in [0.15, 0.2) is 6.07 Å². The van der Waals surface area contributed by atoms with Crippen LogP contribution < -0.4 is 10.5 Å². The molecule has 0 fully saturated rings. The van der Waals surface area contributed by atoms with E-state index in [0.29, 0.717) is 0 Å². The van der Waals surface area contributed by atoms with Gasteiger partial charge in [0.05, 0.1) is 30.3 Å². The SMILES string of the molecule is COc1cc(Cl)c(O)c(C(N)CO)c1F. The van der Waals surface area contributed by atoms with Gasteiger partial charge in [-0.1, -0.05) is 11.6 Å². The topological polar surface area (TPSA) is 75.7 Å². The Hall–Kier alpha value is -1.04. The molecule has 0 spiro atoms. The normalized spacial score (nSPS) is 12.6. The van der Waals surface area contributed by atoms with Crippen LogP contribution in [-0.4, -0.2) is 23.9 Å². The monoisotopic (exact) mass is 235 g/mol. The molecule has 0 saturated carbocycles. The van der Waals surface area contributed by atoms with Gasteiger partial charge in [-0.3, -0.25) is 0 Å². The lowest BCUT2D eigenvalue weighted by Gasteiger charge is -2.15. The third-order valence-electron chi connectivity index (χ3n) is 1.98. The van der Waals surface area contributed by atoms with Crippen LogP contribution in [-0.2, 0) is 0 Å². The van der Waals surface area contributed by atoms with E-state index in [1.807, 2.05) is 0 Å². The van der Waals surface area contributed by atoms with Crippen molar-refractivity contribution in [2.45, 2.75) is 6.04 Å². The van der Waals surface area contributed by atoms with Crippen molar-refractivity contribution < 1.29 is 19.3 Å². The quantitative estimate of drug-likeness (QED) is 0.736. The van der Waals surface area contributed by atoms with Crippen molar-refractivity contribution in [3.05, 3.63) is 22.5 Å². The van der Waals surface area contributed by atoms with Crippen LogP contribution in [0.5, 0.6) is 11.5 Å². The van der Waals surface area contributed by atoms with E-state index in [2.05, 4.69) is 0 Å². The molecule has 0 aliphatic rings. The first-order valence-corrected chi connectivity index (χ1v) is 4.52. The maximum absolute atomic E-state index is 13.6. The highest BCUT2D eigenvalue weighted by Gasteiger charge is 2.22.